The highest BCUT2D eigenvalue weighted by atomic mass is 35.5. The van der Waals surface area contributed by atoms with E-state index in [1.807, 2.05) is 12.1 Å². The standard InChI is InChI=1S/C21H26ClN3O3S/c1-15-8-9-16-6-4-5-7-20(16)25(15)13-12-21(26)23-19-14-17(10-11-18(19)22)29(27,28)24(2)3/h4-7,10-11,14-15H,8-9,12-13H2,1-3H3,(H,23,26). The summed E-state index contributed by atoms with van der Waals surface area (Å²) < 4.78 is 25.8. The lowest BCUT2D eigenvalue weighted by atomic mass is 9.96. The third-order valence-corrected chi connectivity index (χ3v) is 7.38. The molecule has 2 aromatic carbocycles. The summed E-state index contributed by atoms with van der Waals surface area (Å²) in [5.74, 6) is -0.207. The molecule has 2 aromatic rings. The Hall–Kier alpha value is -2.09. The Morgan fingerprint density at radius 3 is 2.69 bits per heavy atom. The van der Waals surface area contributed by atoms with Crippen LogP contribution in [0.1, 0.15) is 25.3 Å². The molecule has 1 aliphatic heterocycles. The summed E-state index contributed by atoms with van der Waals surface area (Å²) >= 11 is 6.18. The van der Waals surface area contributed by atoms with E-state index in [-0.39, 0.29) is 17.2 Å². The molecule has 1 aliphatic rings. The Morgan fingerprint density at radius 1 is 1.24 bits per heavy atom. The molecule has 0 aliphatic carbocycles. The molecular weight excluding hydrogens is 410 g/mol. The van der Waals surface area contributed by atoms with Gasteiger partial charge in [0.15, 0.2) is 0 Å². The number of fused-ring (bicyclic) bond motifs is 1. The number of carbonyl (C=O) groups excluding carboxylic acids is 1. The van der Waals surface area contributed by atoms with E-state index in [0.29, 0.717) is 23.3 Å². The molecule has 0 radical (unpaired) electrons. The summed E-state index contributed by atoms with van der Waals surface area (Å²) in [5.41, 5.74) is 2.78. The molecule has 1 heterocycles. The summed E-state index contributed by atoms with van der Waals surface area (Å²) in [6.45, 7) is 2.75. The number of sulfonamides is 1. The zero-order valence-corrected chi connectivity index (χ0v) is 18.4. The van der Waals surface area contributed by atoms with Gasteiger partial charge >= 0.3 is 0 Å². The fourth-order valence-electron chi connectivity index (χ4n) is 3.51. The van der Waals surface area contributed by atoms with Crippen LogP contribution >= 0.6 is 11.6 Å². The number of nitrogens with one attached hydrogen (secondary N) is 1. The molecule has 0 saturated heterocycles. The Kier molecular flexibility index (Phi) is 6.51. The van der Waals surface area contributed by atoms with Gasteiger partial charge in [-0.1, -0.05) is 29.8 Å². The molecule has 1 atom stereocenters. The van der Waals surface area contributed by atoms with E-state index in [1.54, 1.807) is 0 Å². The van der Waals surface area contributed by atoms with Gasteiger partial charge in [0.1, 0.15) is 0 Å². The zero-order chi connectivity index (χ0) is 21.2. The fourth-order valence-corrected chi connectivity index (χ4v) is 4.60. The van der Waals surface area contributed by atoms with Gasteiger partial charge in [-0.2, -0.15) is 0 Å². The third-order valence-electron chi connectivity index (χ3n) is 5.23. The SMILES string of the molecule is CC1CCc2ccccc2N1CCC(=O)Nc1cc(S(=O)(=O)N(C)C)ccc1Cl. The summed E-state index contributed by atoms with van der Waals surface area (Å²) in [7, 11) is -0.691. The van der Waals surface area contributed by atoms with Crippen LogP contribution in [0, 0.1) is 0 Å². The molecule has 0 fully saturated rings. The number of nitrogens with zero attached hydrogens (tertiary/aromatic N) is 2. The van der Waals surface area contributed by atoms with Gasteiger partial charge in [-0.3, -0.25) is 4.79 Å². The van der Waals surface area contributed by atoms with Crippen molar-refractivity contribution in [3.05, 3.63) is 53.1 Å². The summed E-state index contributed by atoms with van der Waals surface area (Å²) in [6, 6.07) is 12.9. The van der Waals surface area contributed by atoms with Crippen molar-refractivity contribution in [2.45, 2.75) is 37.1 Å². The van der Waals surface area contributed by atoms with Crippen LogP contribution in [0.3, 0.4) is 0 Å². The molecule has 8 heteroatoms. The van der Waals surface area contributed by atoms with Gasteiger partial charge in [0.05, 0.1) is 15.6 Å². The maximum absolute atomic E-state index is 12.6. The first kappa shape index (κ1) is 21.6. The molecular formula is C21H26ClN3O3S. The Morgan fingerprint density at radius 2 is 1.97 bits per heavy atom. The molecule has 3 rings (SSSR count). The van der Waals surface area contributed by atoms with E-state index < -0.39 is 10.0 Å². The minimum atomic E-state index is -3.61. The highest BCUT2D eigenvalue weighted by Gasteiger charge is 2.23. The van der Waals surface area contributed by atoms with Crippen LogP contribution < -0.4 is 10.2 Å². The summed E-state index contributed by atoms with van der Waals surface area (Å²) in [4.78, 5) is 14.9. The second-order valence-electron chi connectivity index (χ2n) is 7.44. The molecule has 29 heavy (non-hydrogen) atoms. The van der Waals surface area contributed by atoms with E-state index >= 15 is 0 Å². The molecule has 1 N–H and O–H groups in total. The topological polar surface area (TPSA) is 69.7 Å². The van der Waals surface area contributed by atoms with Crippen molar-refractivity contribution in [3.63, 3.8) is 0 Å². The first-order valence-corrected chi connectivity index (χ1v) is 11.4. The molecule has 156 valence electrons. The van der Waals surface area contributed by atoms with Crippen LogP contribution in [0.15, 0.2) is 47.4 Å². The molecule has 1 unspecified atom stereocenters. The number of anilines is 2. The molecule has 6 nitrogen and oxygen atoms in total. The molecule has 0 bridgehead atoms. The Balaban J connectivity index is 1.71. The van der Waals surface area contributed by atoms with Crippen LogP contribution in [0.25, 0.3) is 0 Å². The van der Waals surface area contributed by atoms with Gasteiger partial charge in [-0.25, -0.2) is 12.7 Å². The maximum atomic E-state index is 12.6. The smallest absolute Gasteiger partial charge is 0.242 e. The van der Waals surface area contributed by atoms with Crippen molar-refractivity contribution in [1.82, 2.24) is 4.31 Å². The van der Waals surface area contributed by atoms with Crippen LogP contribution in [0.4, 0.5) is 11.4 Å². The maximum Gasteiger partial charge on any atom is 0.242 e. The molecule has 1 amide bonds. The number of carbonyl (C=O) groups is 1. The van der Waals surface area contributed by atoms with Crippen molar-refractivity contribution in [3.8, 4) is 0 Å². The van der Waals surface area contributed by atoms with E-state index in [9.17, 15) is 13.2 Å². The predicted molar refractivity (Wildman–Crippen MR) is 117 cm³/mol. The average molecular weight is 436 g/mol. The lowest BCUT2D eigenvalue weighted by Gasteiger charge is -2.37. The minimum Gasteiger partial charge on any atom is -0.368 e. The Labute approximate surface area is 177 Å². The van der Waals surface area contributed by atoms with E-state index in [1.165, 1.54) is 43.5 Å². The van der Waals surface area contributed by atoms with Crippen LogP contribution in [0.5, 0.6) is 0 Å². The highest BCUT2D eigenvalue weighted by molar-refractivity contribution is 7.89. The largest absolute Gasteiger partial charge is 0.368 e. The van der Waals surface area contributed by atoms with Gasteiger partial charge in [0.25, 0.3) is 0 Å². The van der Waals surface area contributed by atoms with Crippen LogP contribution in [-0.4, -0.2) is 45.3 Å². The summed E-state index contributed by atoms with van der Waals surface area (Å²) in [5, 5.41) is 3.06. The van der Waals surface area contributed by atoms with Gasteiger partial charge in [0.2, 0.25) is 15.9 Å². The monoisotopic (exact) mass is 435 g/mol. The predicted octanol–water partition coefficient (Wildman–Crippen LogP) is 3.76. The van der Waals surface area contributed by atoms with E-state index in [0.717, 1.165) is 17.1 Å². The second kappa shape index (κ2) is 8.73. The Bertz CT molecular complexity index is 1010. The fraction of sp³-hybridized carbons (Fsp3) is 0.381. The number of hydrogen-bond donors (Lipinski definition) is 1. The normalized spacial score (nSPS) is 16.6. The molecule has 0 spiro atoms. The van der Waals surface area contributed by atoms with Gasteiger partial charge < -0.3 is 10.2 Å². The van der Waals surface area contributed by atoms with Crippen LogP contribution in [0.2, 0.25) is 5.02 Å². The van der Waals surface area contributed by atoms with Gasteiger partial charge in [0, 0.05) is 38.8 Å². The minimum absolute atomic E-state index is 0.0841. The number of benzene rings is 2. The first-order valence-electron chi connectivity index (χ1n) is 9.56. The number of halogens is 1. The number of hydrogen-bond acceptors (Lipinski definition) is 4. The third kappa shape index (κ3) is 4.74. The van der Waals surface area contributed by atoms with E-state index in [2.05, 4.69) is 29.3 Å². The van der Waals surface area contributed by atoms with Crippen molar-refractivity contribution in [2.75, 3.05) is 30.9 Å². The number of rotatable bonds is 6. The zero-order valence-electron chi connectivity index (χ0n) is 16.9. The van der Waals surface area contributed by atoms with Crippen molar-refractivity contribution in [2.24, 2.45) is 0 Å². The number of amides is 1. The highest BCUT2D eigenvalue weighted by Crippen LogP contribution is 2.31. The molecule has 0 aromatic heterocycles. The molecule has 0 saturated carbocycles. The quantitative estimate of drug-likeness (QED) is 0.750. The van der Waals surface area contributed by atoms with Crippen molar-refractivity contribution in [1.29, 1.82) is 0 Å². The van der Waals surface area contributed by atoms with Gasteiger partial charge in [-0.05, 0) is 49.6 Å². The van der Waals surface area contributed by atoms with Crippen molar-refractivity contribution >= 4 is 38.9 Å². The summed E-state index contributed by atoms with van der Waals surface area (Å²) in [6.07, 6.45) is 2.37. The number of para-hydroxylation sites is 1. The van der Waals surface area contributed by atoms with Crippen LogP contribution in [-0.2, 0) is 21.2 Å². The second-order valence-corrected chi connectivity index (χ2v) is 10.00. The van der Waals surface area contributed by atoms with E-state index in [4.69, 9.17) is 11.6 Å². The average Bonchev–Trinajstić information content (AvgIpc) is 2.68. The first-order chi connectivity index (χ1) is 13.7. The lowest BCUT2D eigenvalue weighted by molar-refractivity contribution is -0.116. The number of aryl methyl sites for hydroxylation is 1. The van der Waals surface area contributed by atoms with Gasteiger partial charge in [-0.15, -0.1) is 0 Å². The lowest BCUT2D eigenvalue weighted by Crippen LogP contribution is -2.39. The van der Waals surface area contributed by atoms with Crippen molar-refractivity contribution < 1.29 is 13.2 Å².